The molecule has 0 aromatic carbocycles. The fraction of sp³-hybridized carbons (Fsp3) is 0.889. The van der Waals surface area contributed by atoms with Gasteiger partial charge in [0.25, 0.3) is 0 Å². The van der Waals surface area contributed by atoms with Gasteiger partial charge in [-0.25, -0.2) is 4.79 Å². The number of alkyl carbamates (subject to hydrolysis) is 1. The van der Waals surface area contributed by atoms with E-state index in [0.717, 1.165) is 0 Å². The van der Waals surface area contributed by atoms with E-state index in [4.69, 9.17) is 5.73 Å². The zero-order chi connectivity index (χ0) is 12.8. The summed E-state index contributed by atoms with van der Waals surface area (Å²) in [4.78, 5) is 11.0. The van der Waals surface area contributed by atoms with Gasteiger partial charge in [0, 0.05) is 12.6 Å². The summed E-state index contributed by atoms with van der Waals surface area (Å²) < 4.78 is 39.1. The summed E-state index contributed by atoms with van der Waals surface area (Å²) in [7, 11) is 0. The van der Waals surface area contributed by atoms with Crippen molar-refractivity contribution in [3.8, 4) is 0 Å². The van der Waals surface area contributed by atoms with Gasteiger partial charge in [-0.3, -0.25) is 0 Å². The van der Waals surface area contributed by atoms with Gasteiger partial charge in [0.15, 0.2) is 6.61 Å². The number of alkyl halides is 3. The van der Waals surface area contributed by atoms with E-state index in [0.29, 0.717) is 6.42 Å². The molecule has 16 heavy (non-hydrogen) atoms. The highest BCUT2D eigenvalue weighted by molar-refractivity contribution is 5.67. The van der Waals surface area contributed by atoms with Crippen LogP contribution in [-0.2, 0) is 4.74 Å². The first-order valence-electron chi connectivity index (χ1n) is 4.94. The standard InChI is InChI=1S/C9H17F3N2O2/c1-6(2)3-7(4-13)14-8(15)16-5-9(10,11)12/h6-7H,3-5,13H2,1-2H3,(H,14,15)/t7-/m0/s1. The van der Waals surface area contributed by atoms with Gasteiger partial charge in [0.1, 0.15) is 0 Å². The predicted molar refractivity (Wildman–Crippen MR) is 52.8 cm³/mol. The Morgan fingerprint density at radius 2 is 2.00 bits per heavy atom. The van der Waals surface area contributed by atoms with Crippen molar-refractivity contribution < 1.29 is 22.7 Å². The van der Waals surface area contributed by atoms with Crippen molar-refractivity contribution in [2.75, 3.05) is 13.2 Å². The Bertz CT molecular complexity index is 219. The second kappa shape index (κ2) is 6.57. The first kappa shape index (κ1) is 15.0. The normalized spacial score (nSPS) is 13.7. The van der Waals surface area contributed by atoms with Crippen LogP contribution in [-0.4, -0.2) is 31.5 Å². The number of hydrogen-bond donors (Lipinski definition) is 2. The fourth-order valence-corrected chi connectivity index (χ4v) is 1.14. The Kier molecular flexibility index (Phi) is 6.17. The van der Waals surface area contributed by atoms with Crippen LogP contribution < -0.4 is 11.1 Å². The molecule has 0 aliphatic carbocycles. The summed E-state index contributed by atoms with van der Waals surface area (Å²) in [6, 6.07) is -0.360. The predicted octanol–water partition coefficient (Wildman–Crippen LogP) is 1.65. The van der Waals surface area contributed by atoms with Crippen LogP contribution in [0.3, 0.4) is 0 Å². The molecular formula is C9H17F3N2O2. The Balaban J connectivity index is 3.92. The van der Waals surface area contributed by atoms with Crippen molar-refractivity contribution in [1.82, 2.24) is 5.32 Å². The number of carbonyl (C=O) groups is 1. The van der Waals surface area contributed by atoms with Gasteiger partial charge in [-0.1, -0.05) is 13.8 Å². The topological polar surface area (TPSA) is 64.3 Å². The van der Waals surface area contributed by atoms with Gasteiger partial charge >= 0.3 is 12.3 Å². The van der Waals surface area contributed by atoms with Crippen LogP contribution in [0.15, 0.2) is 0 Å². The molecule has 0 aliphatic heterocycles. The van der Waals surface area contributed by atoms with Gasteiger partial charge in [0.05, 0.1) is 0 Å². The number of hydrogen-bond acceptors (Lipinski definition) is 3. The molecule has 0 saturated carbocycles. The molecule has 0 heterocycles. The van der Waals surface area contributed by atoms with Crippen LogP contribution in [0.25, 0.3) is 0 Å². The van der Waals surface area contributed by atoms with Crippen molar-refractivity contribution in [3.63, 3.8) is 0 Å². The minimum absolute atomic E-state index is 0.166. The zero-order valence-corrected chi connectivity index (χ0v) is 9.30. The quantitative estimate of drug-likeness (QED) is 0.770. The van der Waals surface area contributed by atoms with E-state index in [1.165, 1.54) is 0 Å². The maximum absolute atomic E-state index is 11.7. The SMILES string of the molecule is CC(C)C[C@@H](CN)NC(=O)OCC(F)(F)F. The van der Waals surface area contributed by atoms with E-state index >= 15 is 0 Å². The van der Waals surface area contributed by atoms with Crippen LogP contribution in [0.1, 0.15) is 20.3 Å². The molecule has 0 unspecified atom stereocenters. The molecule has 7 heteroatoms. The van der Waals surface area contributed by atoms with Crippen LogP contribution >= 0.6 is 0 Å². The molecule has 0 saturated heterocycles. The van der Waals surface area contributed by atoms with Crippen molar-refractivity contribution in [2.24, 2.45) is 11.7 Å². The van der Waals surface area contributed by atoms with Gasteiger partial charge < -0.3 is 15.8 Å². The lowest BCUT2D eigenvalue weighted by atomic mass is 10.0. The second-order valence-electron chi connectivity index (χ2n) is 3.90. The average Bonchev–Trinajstić information content (AvgIpc) is 2.12. The molecule has 0 spiro atoms. The molecule has 0 aromatic heterocycles. The number of halogens is 3. The van der Waals surface area contributed by atoms with Crippen LogP contribution in [0, 0.1) is 5.92 Å². The number of rotatable bonds is 5. The van der Waals surface area contributed by atoms with Crippen LogP contribution in [0.4, 0.5) is 18.0 Å². The third-order valence-corrected chi connectivity index (χ3v) is 1.73. The van der Waals surface area contributed by atoms with Crippen molar-refractivity contribution in [3.05, 3.63) is 0 Å². The molecule has 0 bridgehead atoms. The first-order valence-corrected chi connectivity index (χ1v) is 4.94. The molecule has 1 atom stereocenters. The second-order valence-corrected chi connectivity index (χ2v) is 3.90. The highest BCUT2D eigenvalue weighted by Crippen LogP contribution is 2.14. The van der Waals surface area contributed by atoms with Crippen molar-refractivity contribution >= 4 is 6.09 Å². The Morgan fingerprint density at radius 3 is 2.38 bits per heavy atom. The number of nitrogens with two attached hydrogens (primary N) is 1. The summed E-state index contributed by atoms with van der Waals surface area (Å²) >= 11 is 0. The highest BCUT2D eigenvalue weighted by atomic mass is 19.4. The molecule has 0 fully saturated rings. The molecule has 0 rings (SSSR count). The maximum Gasteiger partial charge on any atom is 0.422 e. The lowest BCUT2D eigenvalue weighted by molar-refractivity contribution is -0.160. The molecule has 0 aliphatic rings. The van der Waals surface area contributed by atoms with E-state index in [-0.39, 0.29) is 18.5 Å². The number of ether oxygens (including phenoxy) is 1. The Labute approximate surface area is 92.3 Å². The molecule has 96 valence electrons. The minimum atomic E-state index is -4.51. The summed E-state index contributed by atoms with van der Waals surface area (Å²) in [6.45, 7) is 2.42. The minimum Gasteiger partial charge on any atom is -0.440 e. The third-order valence-electron chi connectivity index (χ3n) is 1.73. The molecule has 1 amide bonds. The summed E-state index contributed by atoms with van der Waals surface area (Å²) in [6.07, 6.45) is -5.00. The van der Waals surface area contributed by atoms with Crippen molar-refractivity contribution in [2.45, 2.75) is 32.5 Å². The summed E-state index contributed by atoms with van der Waals surface area (Å²) in [5.41, 5.74) is 5.36. The molecule has 4 nitrogen and oxygen atoms in total. The van der Waals surface area contributed by atoms with E-state index in [9.17, 15) is 18.0 Å². The fourth-order valence-electron chi connectivity index (χ4n) is 1.14. The third kappa shape index (κ3) is 8.34. The lowest BCUT2D eigenvalue weighted by Crippen LogP contribution is -2.42. The van der Waals surface area contributed by atoms with E-state index in [1.807, 2.05) is 13.8 Å². The molecular weight excluding hydrogens is 225 g/mol. The van der Waals surface area contributed by atoms with Gasteiger partial charge in [-0.2, -0.15) is 13.2 Å². The first-order chi connectivity index (χ1) is 7.24. The zero-order valence-electron chi connectivity index (χ0n) is 9.30. The number of carbonyl (C=O) groups excluding carboxylic acids is 1. The molecule has 3 N–H and O–H groups in total. The lowest BCUT2D eigenvalue weighted by Gasteiger charge is -2.18. The van der Waals surface area contributed by atoms with Crippen LogP contribution in [0.2, 0.25) is 0 Å². The highest BCUT2D eigenvalue weighted by Gasteiger charge is 2.29. The Hall–Kier alpha value is -0.980. The smallest absolute Gasteiger partial charge is 0.422 e. The van der Waals surface area contributed by atoms with Crippen LogP contribution in [0.5, 0.6) is 0 Å². The largest absolute Gasteiger partial charge is 0.440 e. The maximum atomic E-state index is 11.7. The van der Waals surface area contributed by atoms with E-state index < -0.39 is 18.9 Å². The van der Waals surface area contributed by atoms with Gasteiger partial charge in [0.2, 0.25) is 0 Å². The molecule has 0 aromatic rings. The van der Waals surface area contributed by atoms with E-state index in [2.05, 4.69) is 10.1 Å². The summed E-state index contributed by atoms with van der Waals surface area (Å²) in [5.74, 6) is 0.288. The molecule has 0 radical (unpaired) electrons. The summed E-state index contributed by atoms with van der Waals surface area (Å²) in [5, 5.41) is 2.28. The monoisotopic (exact) mass is 242 g/mol. The van der Waals surface area contributed by atoms with E-state index in [1.54, 1.807) is 0 Å². The number of nitrogens with one attached hydrogen (secondary N) is 1. The van der Waals surface area contributed by atoms with Crippen molar-refractivity contribution in [1.29, 1.82) is 0 Å². The average molecular weight is 242 g/mol. The Morgan fingerprint density at radius 1 is 1.44 bits per heavy atom. The number of amides is 1. The van der Waals surface area contributed by atoms with Gasteiger partial charge in [-0.15, -0.1) is 0 Å². The van der Waals surface area contributed by atoms with Gasteiger partial charge in [-0.05, 0) is 12.3 Å².